The first-order chi connectivity index (χ1) is 36.7. The molecule has 6 N–H and O–H groups in total. The zero-order valence-electron chi connectivity index (χ0n) is 48.7. The van der Waals surface area contributed by atoms with E-state index in [4.69, 9.17) is 14.2 Å². The molecule has 0 saturated carbocycles. The molecular formula is C64H119NO10. The molecule has 0 spiro atoms. The van der Waals surface area contributed by atoms with Crippen molar-refractivity contribution < 1.29 is 49.3 Å². The van der Waals surface area contributed by atoms with Crippen LogP contribution in [0, 0.1) is 0 Å². The molecule has 8 unspecified atom stereocenters. The fraction of sp³-hybridized carbons (Fsp3) is 0.875. The summed E-state index contributed by atoms with van der Waals surface area (Å²) < 4.78 is 17.6. The molecular weight excluding hydrogens is 943 g/mol. The number of aliphatic hydroxyl groups is 5. The van der Waals surface area contributed by atoms with Crippen molar-refractivity contribution >= 4 is 11.9 Å². The monoisotopic (exact) mass is 1060 g/mol. The second-order valence-corrected chi connectivity index (χ2v) is 22.1. The van der Waals surface area contributed by atoms with Crippen LogP contribution in [0.3, 0.4) is 0 Å². The number of hydrogen-bond acceptors (Lipinski definition) is 10. The normalized spacial score (nSPS) is 19.4. The Bertz CT molecular complexity index is 1360. The zero-order valence-corrected chi connectivity index (χ0v) is 48.7. The molecule has 0 aromatic carbocycles. The first-order valence-electron chi connectivity index (χ1n) is 31.8. The van der Waals surface area contributed by atoms with Gasteiger partial charge in [-0.3, -0.25) is 9.59 Å². The molecule has 11 heteroatoms. The van der Waals surface area contributed by atoms with E-state index in [1.807, 2.05) is 6.08 Å². The lowest BCUT2D eigenvalue weighted by Crippen LogP contribution is -2.61. The second kappa shape index (κ2) is 52.6. The van der Waals surface area contributed by atoms with E-state index in [2.05, 4.69) is 50.4 Å². The van der Waals surface area contributed by atoms with Crippen LogP contribution in [0.25, 0.3) is 0 Å². The van der Waals surface area contributed by atoms with Gasteiger partial charge in [-0.25, -0.2) is 0 Å². The molecule has 1 saturated heterocycles. The number of esters is 1. The summed E-state index contributed by atoms with van der Waals surface area (Å²) in [7, 11) is 0. The maximum Gasteiger partial charge on any atom is 0.306 e. The van der Waals surface area contributed by atoms with Gasteiger partial charge < -0.3 is 45.1 Å². The molecule has 11 nitrogen and oxygen atoms in total. The van der Waals surface area contributed by atoms with Gasteiger partial charge in [0.1, 0.15) is 24.4 Å². The number of hydrogen-bond donors (Lipinski definition) is 6. The molecule has 1 heterocycles. The Morgan fingerprint density at radius 3 is 1.31 bits per heavy atom. The Morgan fingerprint density at radius 2 is 0.880 bits per heavy atom. The molecule has 75 heavy (non-hydrogen) atoms. The lowest BCUT2D eigenvalue weighted by molar-refractivity contribution is -0.305. The number of carbonyl (C=O) groups excluding carboxylic acids is 2. The number of aliphatic hydroxyl groups excluding tert-OH is 5. The third kappa shape index (κ3) is 40.7. The zero-order chi connectivity index (χ0) is 54.7. The topological polar surface area (TPSA) is 175 Å². The molecule has 0 aromatic heterocycles. The Kier molecular flexibility index (Phi) is 49.7. The molecule has 1 rings (SSSR count). The fourth-order valence-corrected chi connectivity index (χ4v) is 9.94. The first kappa shape index (κ1) is 70.9. The van der Waals surface area contributed by atoms with Crippen molar-refractivity contribution in [3.05, 3.63) is 36.5 Å². The standard InChI is InChI=1S/C64H119NO10/c1-4-7-10-13-16-19-22-25-27-28-29-30-31-34-37-40-43-46-49-52-59(69)75-62-61(71)60(70)58(53-66)74-64(62)73-54-55(56(67)50-47-44-41-38-35-32-24-21-18-15-12-9-6-3)65-63(72)57(68)51-48-45-42-39-36-33-26-23-20-17-14-11-8-5-2/h20,23,25,27,47,50,55-58,60-62,64,66-68,70-71H,4-19,21-22,24,26,28-46,48-49,51-54H2,1-3H3,(H,65,72)/b23-20-,27-25+,50-47+. The van der Waals surface area contributed by atoms with Gasteiger partial charge in [-0.05, 0) is 77.0 Å². The van der Waals surface area contributed by atoms with Gasteiger partial charge in [0, 0.05) is 6.42 Å². The summed E-state index contributed by atoms with van der Waals surface area (Å²) in [4.78, 5) is 26.5. The van der Waals surface area contributed by atoms with Crippen LogP contribution in [0.2, 0.25) is 0 Å². The predicted molar refractivity (Wildman–Crippen MR) is 311 cm³/mol. The number of allylic oxidation sites excluding steroid dienone is 5. The van der Waals surface area contributed by atoms with Gasteiger partial charge in [-0.1, -0.05) is 250 Å². The van der Waals surface area contributed by atoms with E-state index in [1.54, 1.807) is 6.08 Å². The van der Waals surface area contributed by atoms with E-state index in [1.165, 1.54) is 180 Å². The number of rotatable bonds is 54. The van der Waals surface area contributed by atoms with Crippen LogP contribution in [0.4, 0.5) is 0 Å². The smallest absolute Gasteiger partial charge is 0.306 e. The maximum atomic E-state index is 13.4. The van der Waals surface area contributed by atoms with Crippen LogP contribution >= 0.6 is 0 Å². The highest BCUT2D eigenvalue weighted by Crippen LogP contribution is 2.26. The lowest BCUT2D eigenvalue weighted by atomic mass is 9.99. The Morgan fingerprint density at radius 1 is 0.507 bits per heavy atom. The highest BCUT2D eigenvalue weighted by Gasteiger charge is 2.47. The van der Waals surface area contributed by atoms with Gasteiger partial charge in [0.15, 0.2) is 12.4 Å². The lowest BCUT2D eigenvalue weighted by Gasteiger charge is -2.41. The molecule has 0 aliphatic carbocycles. The maximum absolute atomic E-state index is 13.4. The van der Waals surface area contributed by atoms with Crippen molar-refractivity contribution in [1.82, 2.24) is 5.32 Å². The van der Waals surface area contributed by atoms with E-state index in [-0.39, 0.29) is 19.4 Å². The van der Waals surface area contributed by atoms with E-state index in [9.17, 15) is 35.1 Å². The van der Waals surface area contributed by atoms with Gasteiger partial charge in [0.25, 0.3) is 0 Å². The summed E-state index contributed by atoms with van der Waals surface area (Å²) in [5, 5.41) is 57.0. The minimum Gasteiger partial charge on any atom is -0.454 e. The van der Waals surface area contributed by atoms with Crippen LogP contribution in [0.15, 0.2) is 36.5 Å². The van der Waals surface area contributed by atoms with Gasteiger partial charge in [-0.15, -0.1) is 0 Å². The van der Waals surface area contributed by atoms with Crippen LogP contribution < -0.4 is 5.32 Å². The molecule has 1 amide bonds. The van der Waals surface area contributed by atoms with Gasteiger partial charge >= 0.3 is 5.97 Å². The summed E-state index contributed by atoms with van der Waals surface area (Å²) in [5.74, 6) is -1.19. The first-order valence-corrected chi connectivity index (χ1v) is 31.8. The summed E-state index contributed by atoms with van der Waals surface area (Å²) in [6.07, 6.45) is 51.8. The SMILES string of the molecule is CCCCCC/C=C\CCCCCCCCC(O)C(=O)NC(COC1OC(CO)C(O)C(O)C1OC(=O)CCCCCCCCCCC/C=C/CCCCCCCC)C(O)/C=C/CCCCCCCCCCCCC. The highest BCUT2D eigenvalue weighted by atomic mass is 16.7. The molecule has 1 fully saturated rings. The van der Waals surface area contributed by atoms with E-state index >= 15 is 0 Å². The number of amides is 1. The molecule has 8 atom stereocenters. The number of ether oxygens (including phenoxy) is 3. The van der Waals surface area contributed by atoms with Crippen molar-refractivity contribution in [3.63, 3.8) is 0 Å². The third-order valence-electron chi connectivity index (χ3n) is 15.0. The van der Waals surface area contributed by atoms with Crippen molar-refractivity contribution in [2.24, 2.45) is 0 Å². The van der Waals surface area contributed by atoms with Gasteiger partial charge in [0.2, 0.25) is 5.91 Å². The van der Waals surface area contributed by atoms with Crippen LogP contribution in [-0.4, -0.2) is 99.6 Å². The Balaban J connectivity index is 2.67. The van der Waals surface area contributed by atoms with Crippen molar-refractivity contribution in [2.75, 3.05) is 13.2 Å². The van der Waals surface area contributed by atoms with Crippen LogP contribution in [-0.2, 0) is 23.8 Å². The molecule has 0 radical (unpaired) electrons. The molecule has 0 aromatic rings. The summed E-state index contributed by atoms with van der Waals surface area (Å²) >= 11 is 0. The summed E-state index contributed by atoms with van der Waals surface area (Å²) in [6, 6.07) is -1.02. The number of nitrogens with one attached hydrogen (secondary N) is 1. The average Bonchev–Trinajstić information content (AvgIpc) is 3.41. The molecule has 0 bridgehead atoms. The summed E-state index contributed by atoms with van der Waals surface area (Å²) in [5.41, 5.74) is 0. The van der Waals surface area contributed by atoms with Crippen LogP contribution in [0.5, 0.6) is 0 Å². The van der Waals surface area contributed by atoms with Gasteiger partial charge in [-0.2, -0.15) is 0 Å². The van der Waals surface area contributed by atoms with Crippen molar-refractivity contribution in [2.45, 2.75) is 346 Å². The second-order valence-electron chi connectivity index (χ2n) is 22.1. The molecule has 1 aliphatic heterocycles. The van der Waals surface area contributed by atoms with Crippen molar-refractivity contribution in [3.8, 4) is 0 Å². The number of carbonyl (C=O) groups is 2. The fourth-order valence-electron chi connectivity index (χ4n) is 9.94. The summed E-state index contributed by atoms with van der Waals surface area (Å²) in [6.45, 7) is 5.79. The minimum atomic E-state index is -1.61. The Hall–Kier alpha value is -2.12. The van der Waals surface area contributed by atoms with E-state index in [0.717, 1.165) is 70.6 Å². The quantitative estimate of drug-likeness (QED) is 0.0195. The van der Waals surface area contributed by atoms with Crippen molar-refractivity contribution in [1.29, 1.82) is 0 Å². The van der Waals surface area contributed by atoms with E-state index in [0.29, 0.717) is 12.8 Å². The van der Waals surface area contributed by atoms with Gasteiger partial charge in [0.05, 0.1) is 25.4 Å². The number of unbranched alkanes of at least 4 members (excludes halogenated alkanes) is 36. The third-order valence-corrected chi connectivity index (χ3v) is 15.0. The Labute approximate surface area is 460 Å². The van der Waals surface area contributed by atoms with Crippen LogP contribution in [0.1, 0.15) is 297 Å². The molecule has 440 valence electrons. The average molecular weight is 1060 g/mol. The van der Waals surface area contributed by atoms with E-state index < -0.39 is 67.4 Å². The predicted octanol–water partition coefficient (Wildman–Crippen LogP) is 15.1. The minimum absolute atomic E-state index is 0.123. The highest BCUT2D eigenvalue weighted by molar-refractivity contribution is 5.80. The molecule has 1 aliphatic rings. The largest absolute Gasteiger partial charge is 0.454 e.